The molecule has 0 aliphatic heterocycles. The van der Waals surface area contributed by atoms with Gasteiger partial charge in [-0.05, 0) is 18.2 Å². The van der Waals surface area contributed by atoms with Crippen molar-refractivity contribution in [3.05, 3.63) is 35.5 Å². The number of carboxylic acids is 1. The molecule has 17 heavy (non-hydrogen) atoms. The van der Waals surface area contributed by atoms with Gasteiger partial charge in [0, 0.05) is 24.9 Å². The summed E-state index contributed by atoms with van der Waals surface area (Å²) in [5, 5.41) is 9.45. The normalized spacial score (nSPS) is 12.0. The minimum Gasteiger partial charge on any atom is -0.478 e. The van der Waals surface area contributed by atoms with Gasteiger partial charge < -0.3 is 9.67 Å². The van der Waals surface area contributed by atoms with Crippen molar-refractivity contribution < 1.29 is 18.7 Å². The van der Waals surface area contributed by atoms with Crippen LogP contribution in [0.15, 0.2) is 24.3 Å². The van der Waals surface area contributed by atoms with E-state index >= 15 is 0 Å². The van der Waals surface area contributed by atoms with Crippen LogP contribution in [0.2, 0.25) is 0 Å². The van der Waals surface area contributed by atoms with E-state index < -0.39 is 11.9 Å². The Morgan fingerprint density at radius 2 is 2.00 bits per heavy atom. The molecule has 0 bridgehead atoms. The number of carboxylic acid groups (broad SMARTS) is 1. The van der Waals surface area contributed by atoms with E-state index in [1.807, 2.05) is 0 Å². The fourth-order valence-corrected chi connectivity index (χ4v) is 1.88. The largest absolute Gasteiger partial charge is 0.478 e. The molecule has 0 aliphatic rings. The minimum absolute atomic E-state index is 0.0877. The zero-order valence-corrected chi connectivity index (χ0v) is 9.37. The summed E-state index contributed by atoms with van der Waals surface area (Å²) in [7, 11) is 1.50. The number of aryl methyl sites for hydroxylation is 1. The highest BCUT2D eigenvalue weighted by molar-refractivity contribution is 5.93. The van der Waals surface area contributed by atoms with Crippen LogP contribution in [0.1, 0.15) is 23.0 Å². The first-order valence-corrected chi connectivity index (χ1v) is 5.02. The number of hydrogen-bond donors (Lipinski definition) is 1. The molecule has 0 fully saturated rings. The SMILES string of the molecule is Cn1c(C(C)(F)F)cc2ccc(C(=O)O)cc21. The van der Waals surface area contributed by atoms with Crippen molar-refractivity contribution >= 4 is 16.9 Å². The standard InChI is InChI=1S/C12H11F2NO2/c1-12(13,14)10-6-7-3-4-8(11(16)17)5-9(7)15(10)2/h3-6H,1-2H3,(H,16,17). The Labute approximate surface area is 96.3 Å². The van der Waals surface area contributed by atoms with Crippen molar-refractivity contribution in [1.29, 1.82) is 0 Å². The molecule has 1 heterocycles. The van der Waals surface area contributed by atoms with Gasteiger partial charge in [0.25, 0.3) is 5.92 Å². The number of benzene rings is 1. The number of nitrogens with zero attached hydrogens (tertiary/aromatic N) is 1. The monoisotopic (exact) mass is 239 g/mol. The predicted octanol–water partition coefficient (Wildman–Crippen LogP) is 2.99. The highest BCUT2D eigenvalue weighted by Gasteiger charge is 2.28. The molecule has 0 saturated carbocycles. The summed E-state index contributed by atoms with van der Waals surface area (Å²) in [6, 6.07) is 5.71. The van der Waals surface area contributed by atoms with Gasteiger partial charge in [-0.25, -0.2) is 13.6 Å². The fourth-order valence-electron chi connectivity index (χ4n) is 1.88. The van der Waals surface area contributed by atoms with Gasteiger partial charge in [-0.3, -0.25) is 0 Å². The summed E-state index contributed by atoms with van der Waals surface area (Å²) in [5.74, 6) is -4.02. The van der Waals surface area contributed by atoms with Crippen LogP contribution < -0.4 is 0 Å². The lowest BCUT2D eigenvalue weighted by Crippen LogP contribution is -2.12. The van der Waals surface area contributed by atoms with E-state index in [9.17, 15) is 13.6 Å². The predicted molar refractivity (Wildman–Crippen MR) is 59.4 cm³/mol. The lowest BCUT2D eigenvalue weighted by molar-refractivity contribution is 0.0103. The molecule has 2 aromatic rings. The zero-order chi connectivity index (χ0) is 12.8. The summed E-state index contributed by atoms with van der Waals surface area (Å²) >= 11 is 0. The lowest BCUT2D eigenvalue weighted by Gasteiger charge is -2.11. The van der Waals surface area contributed by atoms with E-state index in [0.29, 0.717) is 10.9 Å². The maximum atomic E-state index is 13.3. The quantitative estimate of drug-likeness (QED) is 0.875. The first kappa shape index (κ1) is 11.6. The van der Waals surface area contributed by atoms with Gasteiger partial charge in [-0.1, -0.05) is 6.07 Å². The highest BCUT2D eigenvalue weighted by atomic mass is 19.3. The number of hydrogen-bond acceptors (Lipinski definition) is 1. The summed E-state index contributed by atoms with van der Waals surface area (Å²) in [6.07, 6.45) is 0. The Morgan fingerprint density at radius 3 is 2.53 bits per heavy atom. The van der Waals surface area contributed by atoms with Crippen molar-refractivity contribution in [2.24, 2.45) is 7.05 Å². The van der Waals surface area contributed by atoms with Gasteiger partial charge in [0.1, 0.15) is 0 Å². The van der Waals surface area contributed by atoms with Crippen LogP contribution in [0.25, 0.3) is 10.9 Å². The average molecular weight is 239 g/mol. The van der Waals surface area contributed by atoms with Crippen LogP contribution in [-0.2, 0) is 13.0 Å². The van der Waals surface area contributed by atoms with Crippen LogP contribution in [0.4, 0.5) is 8.78 Å². The second kappa shape index (κ2) is 3.55. The molecule has 1 N–H and O–H groups in total. The first-order chi connectivity index (χ1) is 7.80. The van der Waals surface area contributed by atoms with E-state index in [4.69, 9.17) is 5.11 Å². The molecule has 2 rings (SSSR count). The van der Waals surface area contributed by atoms with E-state index in [-0.39, 0.29) is 11.3 Å². The fraction of sp³-hybridized carbons (Fsp3) is 0.250. The summed E-state index contributed by atoms with van der Waals surface area (Å²) in [6.45, 7) is 0.819. The topological polar surface area (TPSA) is 42.2 Å². The molecular weight excluding hydrogens is 228 g/mol. The number of fused-ring (bicyclic) bond motifs is 1. The van der Waals surface area contributed by atoms with Crippen molar-refractivity contribution in [3.63, 3.8) is 0 Å². The molecule has 90 valence electrons. The second-order valence-electron chi connectivity index (χ2n) is 4.06. The Kier molecular flexibility index (Phi) is 2.41. The summed E-state index contributed by atoms with van der Waals surface area (Å²) in [5.41, 5.74) is 0.445. The van der Waals surface area contributed by atoms with Gasteiger partial charge in [0.15, 0.2) is 0 Å². The van der Waals surface area contributed by atoms with E-state index in [0.717, 1.165) is 6.92 Å². The molecule has 1 aromatic heterocycles. The molecule has 0 aliphatic carbocycles. The molecule has 0 unspecified atom stereocenters. The number of halogens is 2. The zero-order valence-electron chi connectivity index (χ0n) is 9.37. The average Bonchev–Trinajstić information content (AvgIpc) is 2.55. The molecule has 0 atom stereocenters. The molecule has 0 saturated heterocycles. The van der Waals surface area contributed by atoms with Crippen molar-refractivity contribution in [2.75, 3.05) is 0 Å². The van der Waals surface area contributed by atoms with Gasteiger partial charge in [0.05, 0.1) is 11.3 Å². The first-order valence-electron chi connectivity index (χ1n) is 5.02. The molecule has 0 spiro atoms. The van der Waals surface area contributed by atoms with Crippen LogP contribution in [0.5, 0.6) is 0 Å². The molecule has 0 amide bonds. The summed E-state index contributed by atoms with van der Waals surface area (Å²) < 4.78 is 27.9. The molecule has 5 heteroatoms. The van der Waals surface area contributed by atoms with E-state index in [2.05, 4.69) is 0 Å². The second-order valence-corrected chi connectivity index (χ2v) is 4.06. The van der Waals surface area contributed by atoms with Gasteiger partial charge in [-0.15, -0.1) is 0 Å². The highest BCUT2D eigenvalue weighted by Crippen LogP contribution is 2.31. The van der Waals surface area contributed by atoms with Crippen LogP contribution in [-0.4, -0.2) is 15.6 Å². The third-order valence-corrected chi connectivity index (χ3v) is 2.74. The number of aromatic carboxylic acids is 1. The third-order valence-electron chi connectivity index (χ3n) is 2.74. The molecule has 3 nitrogen and oxygen atoms in total. The Balaban J connectivity index is 2.71. The maximum Gasteiger partial charge on any atom is 0.335 e. The molecule has 0 radical (unpaired) electrons. The lowest BCUT2D eigenvalue weighted by atomic mass is 10.1. The van der Waals surface area contributed by atoms with Crippen LogP contribution >= 0.6 is 0 Å². The van der Waals surface area contributed by atoms with Gasteiger partial charge in [-0.2, -0.15) is 0 Å². The number of aromatic nitrogens is 1. The smallest absolute Gasteiger partial charge is 0.335 e. The Hall–Kier alpha value is -1.91. The summed E-state index contributed by atoms with van der Waals surface area (Å²) in [4.78, 5) is 10.8. The minimum atomic E-state index is -2.95. The van der Waals surface area contributed by atoms with Crippen LogP contribution in [0, 0.1) is 0 Å². The maximum absolute atomic E-state index is 13.3. The number of carbonyl (C=O) groups is 1. The number of alkyl halides is 2. The number of rotatable bonds is 2. The Bertz CT molecular complexity index is 596. The van der Waals surface area contributed by atoms with E-state index in [1.165, 1.54) is 35.9 Å². The van der Waals surface area contributed by atoms with Crippen LogP contribution in [0.3, 0.4) is 0 Å². The van der Waals surface area contributed by atoms with Gasteiger partial charge in [0.2, 0.25) is 0 Å². The Morgan fingerprint density at radius 1 is 1.35 bits per heavy atom. The molecular formula is C12H11F2NO2. The van der Waals surface area contributed by atoms with E-state index in [1.54, 1.807) is 0 Å². The third kappa shape index (κ3) is 1.88. The van der Waals surface area contributed by atoms with Crippen molar-refractivity contribution in [1.82, 2.24) is 4.57 Å². The van der Waals surface area contributed by atoms with Crippen molar-refractivity contribution in [2.45, 2.75) is 12.8 Å². The van der Waals surface area contributed by atoms with Gasteiger partial charge >= 0.3 is 5.97 Å². The van der Waals surface area contributed by atoms with Crippen molar-refractivity contribution in [3.8, 4) is 0 Å². The molecule has 1 aromatic carbocycles.